The van der Waals surface area contributed by atoms with Crippen molar-refractivity contribution in [3.05, 3.63) is 73.1 Å². The molecule has 2 aromatic carbocycles. The number of hydrogen-bond donors (Lipinski definition) is 1. The van der Waals surface area contributed by atoms with Crippen LogP contribution in [0.15, 0.2) is 73.1 Å². The number of benzene rings is 2. The fourth-order valence-corrected chi connectivity index (χ4v) is 1.97. The number of aromatic nitrogens is 1. The quantitative estimate of drug-likeness (QED) is 0.772. The summed E-state index contributed by atoms with van der Waals surface area (Å²) in [6.45, 7) is 0. The predicted molar refractivity (Wildman–Crippen MR) is 80.6 cm³/mol. The standard InChI is InChI=1S/C17H14N2O/c18-17-10-11-19-12-16(17)13-6-8-15(9-7-13)20-14-4-2-1-3-5-14/h1-12H,(H2,18,19). The van der Waals surface area contributed by atoms with Gasteiger partial charge in [-0.2, -0.15) is 0 Å². The van der Waals surface area contributed by atoms with Gasteiger partial charge in [0.1, 0.15) is 11.5 Å². The SMILES string of the molecule is Nc1ccncc1-c1ccc(Oc2ccccc2)cc1. The number of para-hydroxylation sites is 1. The zero-order chi connectivity index (χ0) is 13.8. The first-order valence-electron chi connectivity index (χ1n) is 6.36. The van der Waals surface area contributed by atoms with E-state index in [0.29, 0.717) is 0 Å². The molecule has 1 aromatic heterocycles. The van der Waals surface area contributed by atoms with E-state index in [0.717, 1.165) is 28.3 Å². The summed E-state index contributed by atoms with van der Waals surface area (Å²) < 4.78 is 5.75. The maximum atomic E-state index is 5.94. The Morgan fingerprint density at radius 1 is 0.800 bits per heavy atom. The summed E-state index contributed by atoms with van der Waals surface area (Å²) in [4.78, 5) is 4.10. The number of rotatable bonds is 3. The molecule has 0 saturated carbocycles. The topological polar surface area (TPSA) is 48.1 Å². The van der Waals surface area contributed by atoms with Crippen LogP contribution in [0.2, 0.25) is 0 Å². The Morgan fingerprint density at radius 3 is 2.20 bits per heavy atom. The Kier molecular flexibility index (Phi) is 3.33. The van der Waals surface area contributed by atoms with E-state index >= 15 is 0 Å². The Morgan fingerprint density at radius 2 is 1.50 bits per heavy atom. The van der Waals surface area contributed by atoms with E-state index in [-0.39, 0.29) is 0 Å². The van der Waals surface area contributed by atoms with Gasteiger partial charge in [0.15, 0.2) is 0 Å². The molecule has 3 nitrogen and oxygen atoms in total. The lowest BCUT2D eigenvalue weighted by atomic mass is 10.1. The van der Waals surface area contributed by atoms with E-state index in [9.17, 15) is 0 Å². The molecule has 0 amide bonds. The number of nitrogen functional groups attached to an aromatic ring is 1. The Hall–Kier alpha value is -2.81. The van der Waals surface area contributed by atoms with E-state index < -0.39 is 0 Å². The highest BCUT2D eigenvalue weighted by Crippen LogP contribution is 2.28. The van der Waals surface area contributed by atoms with E-state index in [1.165, 1.54) is 0 Å². The summed E-state index contributed by atoms with van der Waals surface area (Å²) in [7, 11) is 0. The molecule has 1 heterocycles. The molecule has 0 aliphatic rings. The molecular formula is C17H14N2O. The predicted octanol–water partition coefficient (Wildman–Crippen LogP) is 4.12. The monoisotopic (exact) mass is 262 g/mol. The third kappa shape index (κ3) is 2.62. The third-order valence-corrected chi connectivity index (χ3v) is 3.00. The van der Waals surface area contributed by atoms with Crippen molar-refractivity contribution in [2.45, 2.75) is 0 Å². The molecule has 0 aliphatic carbocycles. The zero-order valence-corrected chi connectivity index (χ0v) is 10.9. The fraction of sp³-hybridized carbons (Fsp3) is 0. The minimum atomic E-state index is 0.719. The van der Waals surface area contributed by atoms with Gasteiger partial charge in [-0.05, 0) is 35.9 Å². The number of nitrogens with zero attached hydrogens (tertiary/aromatic N) is 1. The highest BCUT2D eigenvalue weighted by Gasteiger charge is 2.03. The van der Waals surface area contributed by atoms with Crippen LogP contribution < -0.4 is 10.5 Å². The normalized spacial score (nSPS) is 10.2. The van der Waals surface area contributed by atoms with Gasteiger partial charge in [0.25, 0.3) is 0 Å². The molecule has 2 N–H and O–H groups in total. The lowest BCUT2D eigenvalue weighted by Gasteiger charge is -2.08. The molecule has 3 heteroatoms. The van der Waals surface area contributed by atoms with Crippen molar-refractivity contribution in [3.63, 3.8) is 0 Å². The largest absolute Gasteiger partial charge is 0.457 e. The van der Waals surface area contributed by atoms with Crippen molar-refractivity contribution in [2.75, 3.05) is 5.73 Å². The summed E-state index contributed by atoms with van der Waals surface area (Å²) >= 11 is 0. The van der Waals surface area contributed by atoms with Crippen LogP contribution in [0.1, 0.15) is 0 Å². The maximum absolute atomic E-state index is 5.94. The number of anilines is 1. The molecule has 0 radical (unpaired) electrons. The Labute approximate surface area is 117 Å². The van der Waals surface area contributed by atoms with Crippen LogP contribution >= 0.6 is 0 Å². The molecule has 0 aliphatic heterocycles. The summed E-state index contributed by atoms with van der Waals surface area (Å²) in [5.41, 5.74) is 8.62. The number of pyridine rings is 1. The lowest BCUT2D eigenvalue weighted by Crippen LogP contribution is -1.90. The fourth-order valence-electron chi connectivity index (χ4n) is 1.97. The van der Waals surface area contributed by atoms with Crippen LogP contribution in [0.4, 0.5) is 5.69 Å². The first-order valence-corrected chi connectivity index (χ1v) is 6.36. The van der Waals surface area contributed by atoms with E-state index in [1.807, 2.05) is 54.6 Å². The molecule has 0 fully saturated rings. The highest BCUT2D eigenvalue weighted by molar-refractivity contribution is 5.75. The van der Waals surface area contributed by atoms with Gasteiger partial charge in [0.2, 0.25) is 0 Å². The molecule has 0 atom stereocenters. The van der Waals surface area contributed by atoms with Crippen molar-refractivity contribution >= 4 is 5.69 Å². The molecule has 0 spiro atoms. The van der Waals surface area contributed by atoms with Crippen molar-refractivity contribution in [3.8, 4) is 22.6 Å². The van der Waals surface area contributed by atoms with E-state index in [4.69, 9.17) is 10.5 Å². The molecule has 0 bridgehead atoms. The van der Waals surface area contributed by atoms with Gasteiger partial charge in [0, 0.05) is 23.6 Å². The number of ether oxygens (including phenoxy) is 1. The van der Waals surface area contributed by atoms with Gasteiger partial charge in [-0.1, -0.05) is 30.3 Å². The van der Waals surface area contributed by atoms with Gasteiger partial charge in [0.05, 0.1) is 0 Å². The molecule has 98 valence electrons. The van der Waals surface area contributed by atoms with E-state index in [1.54, 1.807) is 18.5 Å². The zero-order valence-electron chi connectivity index (χ0n) is 10.9. The minimum Gasteiger partial charge on any atom is -0.457 e. The summed E-state index contributed by atoms with van der Waals surface area (Å²) in [5.74, 6) is 1.61. The van der Waals surface area contributed by atoms with Crippen molar-refractivity contribution in [2.24, 2.45) is 0 Å². The molecule has 0 unspecified atom stereocenters. The van der Waals surface area contributed by atoms with Crippen molar-refractivity contribution in [1.82, 2.24) is 4.98 Å². The van der Waals surface area contributed by atoms with Gasteiger partial charge in [-0.25, -0.2) is 0 Å². The smallest absolute Gasteiger partial charge is 0.127 e. The Bertz CT molecular complexity index is 694. The number of hydrogen-bond acceptors (Lipinski definition) is 3. The van der Waals surface area contributed by atoms with Crippen LogP contribution in [-0.2, 0) is 0 Å². The Balaban J connectivity index is 1.83. The summed E-state index contributed by atoms with van der Waals surface area (Å²) in [5, 5.41) is 0. The molecule has 20 heavy (non-hydrogen) atoms. The van der Waals surface area contributed by atoms with Gasteiger partial charge in [-0.15, -0.1) is 0 Å². The van der Waals surface area contributed by atoms with Gasteiger partial charge >= 0.3 is 0 Å². The second-order valence-corrected chi connectivity index (χ2v) is 4.40. The average molecular weight is 262 g/mol. The van der Waals surface area contributed by atoms with E-state index in [2.05, 4.69) is 4.98 Å². The molecule has 3 aromatic rings. The maximum Gasteiger partial charge on any atom is 0.127 e. The third-order valence-electron chi connectivity index (χ3n) is 3.00. The highest BCUT2D eigenvalue weighted by atomic mass is 16.5. The summed E-state index contributed by atoms with van der Waals surface area (Å²) in [6, 6.07) is 19.3. The van der Waals surface area contributed by atoms with Crippen molar-refractivity contribution < 1.29 is 4.74 Å². The van der Waals surface area contributed by atoms with Crippen molar-refractivity contribution in [1.29, 1.82) is 0 Å². The summed E-state index contributed by atoms with van der Waals surface area (Å²) in [6.07, 6.45) is 3.45. The van der Waals surface area contributed by atoms with Gasteiger partial charge in [-0.3, -0.25) is 4.98 Å². The lowest BCUT2D eigenvalue weighted by molar-refractivity contribution is 0.483. The second-order valence-electron chi connectivity index (χ2n) is 4.40. The molecule has 3 rings (SSSR count). The second kappa shape index (κ2) is 5.45. The van der Waals surface area contributed by atoms with Gasteiger partial charge < -0.3 is 10.5 Å². The molecular weight excluding hydrogens is 248 g/mol. The first-order chi connectivity index (χ1) is 9.83. The minimum absolute atomic E-state index is 0.719. The van der Waals surface area contributed by atoms with Crippen LogP contribution in [0.25, 0.3) is 11.1 Å². The number of nitrogens with two attached hydrogens (primary N) is 1. The molecule has 0 saturated heterocycles. The van der Waals surface area contributed by atoms with Crippen LogP contribution in [0.3, 0.4) is 0 Å². The average Bonchev–Trinajstić information content (AvgIpc) is 2.50. The van der Waals surface area contributed by atoms with Crippen LogP contribution in [-0.4, -0.2) is 4.98 Å². The van der Waals surface area contributed by atoms with Crippen LogP contribution in [0, 0.1) is 0 Å². The van der Waals surface area contributed by atoms with Crippen LogP contribution in [0.5, 0.6) is 11.5 Å². The first kappa shape index (κ1) is 12.2.